The first kappa shape index (κ1) is 12.9. The Morgan fingerprint density at radius 3 is 2.50 bits per heavy atom. The van der Waals surface area contributed by atoms with Crippen molar-refractivity contribution in [3.63, 3.8) is 0 Å². The molecule has 2 unspecified atom stereocenters. The monoisotopic (exact) mass is 267 g/mol. The van der Waals surface area contributed by atoms with E-state index in [1.165, 1.54) is 25.7 Å². The first-order valence-electron chi connectivity index (χ1n) is 7.12. The van der Waals surface area contributed by atoms with E-state index in [1.807, 2.05) is 12.1 Å². The number of nitriles is 1. The normalized spacial score (nSPS) is 27.6. The van der Waals surface area contributed by atoms with Crippen LogP contribution < -0.4 is 5.43 Å². The average molecular weight is 267 g/mol. The summed E-state index contributed by atoms with van der Waals surface area (Å²) in [5.41, 5.74) is 4.14. The largest absolute Gasteiger partial charge is 0.273 e. The standard InChI is InChI=1S/C16H17N3O/c17-9-11-5-7-12(8-6-11)10-18-19-16(20)15-13-3-1-2-4-14(13)15/h5-8,10,13-15H,1-4H2,(H,19,20)/b18-10+. The van der Waals surface area contributed by atoms with Crippen LogP contribution in [0.2, 0.25) is 0 Å². The number of carbonyl (C=O) groups excluding carboxylic acids is 1. The summed E-state index contributed by atoms with van der Waals surface area (Å²) in [6, 6.07) is 9.16. The Morgan fingerprint density at radius 1 is 1.25 bits per heavy atom. The number of nitrogens with zero attached hydrogens (tertiary/aromatic N) is 2. The van der Waals surface area contributed by atoms with Crippen LogP contribution in [0.3, 0.4) is 0 Å². The zero-order valence-electron chi connectivity index (χ0n) is 11.2. The summed E-state index contributed by atoms with van der Waals surface area (Å²) in [7, 11) is 0. The van der Waals surface area contributed by atoms with Gasteiger partial charge in [-0.2, -0.15) is 10.4 Å². The van der Waals surface area contributed by atoms with Crippen LogP contribution in [0.15, 0.2) is 29.4 Å². The van der Waals surface area contributed by atoms with Gasteiger partial charge in [0.15, 0.2) is 0 Å². The van der Waals surface area contributed by atoms with Crippen molar-refractivity contribution in [3.8, 4) is 6.07 Å². The van der Waals surface area contributed by atoms with Gasteiger partial charge in [0.2, 0.25) is 5.91 Å². The summed E-state index contributed by atoms with van der Waals surface area (Å²) in [5.74, 6) is 1.46. The van der Waals surface area contributed by atoms with Crippen LogP contribution in [0, 0.1) is 29.1 Å². The summed E-state index contributed by atoms with van der Waals surface area (Å²) in [4.78, 5) is 12.0. The Hall–Kier alpha value is -2.15. The molecule has 1 N–H and O–H groups in total. The van der Waals surface area contributed by atoms with Gasteiger partial charge in [0.1, 0.15) is 0 Å². The van der Waals surface area contributed by atoms with Gasteiger partial charge in [-0.3, -0.25) is 4.79 Å². The van der Waals surface area contributed by atoms with E-state index in [9.17, 15) is 4.79 Å². The van der Waals surface area contributed by atoms with Crippen LogP contribution in [0.5, 0.6) is 0 Å². The molecule has 20 heavy (non-hydrogen) atoms. The van der Waals surface area contributed by atoms with Gasteiger partial charge in [0, 0.05) is 5.92 Å². The highest BCUT2D eigenvalue weighted by atomic mass is 16.2. The number of nitrogens with one attached hydrogen (secondary N) is 1. The fourth-order valence-corrected chi connectivity index (χ4v) is 3.27. The molecule has 1 aromatic rings. The predicted molar refractivity (Wildman–Crippen MR) is 75.8 cm³/mol. The van der Waals surface area contributed by atoms with Gasteiger partial charge in [-0.25, -0.2) is 5.43 Å². The fraction of sp³-hybridized carbons (Fsp3) is 0.438. The van der Waals surface area contributed by atoms with Crippen molar-refractivity contribution in [3.05, 3.63) is 35.4 Å². The molecule has 2 atom stereocenters. The molecule has 0 aliphatic heterocycles. The second-order valence-electron chi connectivity index (χ2n) is 5.61. The maximum absolute atomic E-state index is 12.0. The van der Waals surface area contributed by atoms with Crippen molar-refractivity contribution in [2.45, 2.75) is 25.7 Å². The van der Waals surface area contributed by atoms with Crippen LogP contribution in [0.1, 0.15) is 36.8 Å². The molecule has 2 saturated carbocycles. The molecule has 0 bridgehead atoms. The van der Waals surface area contributed by atoms with Crippen LogP contribution >= 0.6 is 0 Å². The molecule has 0 radical (unpaired) electrons. The zero-order chi connectivity index (χ0) is 13.9. The maximum Gasteiger partial charge on any atom is 0.243 e. The van der Waals surface area contributed by atoms with E-state index in [0.29, 0.717) is 17.4 Å². The molecule has 4 nitrogen and oxygen atoms in total. The van der Waals surface area contributed by atoms with Crippen molar-refractivity contribution in [2.75, 3.05) is 0 Å². The number of amides is 1. The highest BCUT2D eigenvalue weighted by Gasteiger charge is 2.54. The Morgan fingerprint density at radius 2 is 1.90 bits per heavy atom. The Bertz CT molecular complexity index is 558. The summed E-state index contributed by atoms with van der Waals surface area (Å²) in [6.07, 6.45) is 6.54. The quantitative estimate of drug-likeness (QED) is 0.675. The van der Waals surface area contributed by atoms with Gasteiger partial charge in [-0.15, -0.1) is 0 Å². The highest BCUT2D eigenvalue weighted by molar-refractivity contribution is 5.85. The number of hydrogen-bond acceptors (Lipinski definition) is 3. The Labute approximate surface area is 118 Å². The molecule has 0 spiro atoms. The van der Waals surface area contributed by atoms with Crippen molar-refractivity contribution in [1.29, 1.82) is 5.26 Å². The minimum absolute atomic E-state index is 0.0618. The van der Waals surface area contributed by atoms with E-state index >= 15 is 0 Å². The molecule has 4 heteroatoms. The second-order valence-corrected chi connectivity index (χ2v) is 5.61. The number of fused-ring (bicyclic) bond motifs is 1. The second kappa shape index (κ2) is 5.46. The van der Waals surface area contributed by atoms with E-state index < -0.39 is 0 Å². The molecule has 3 rings (SSSR count). The van der Waals surface area contributed by atoms with Gasteiger partial charge >= 0.3 is 0 Å². The SMILES string of the molecule is N#Cc1ccc(/C=N/NC(=O)C2C3CCCCC32)cc1. The smallest absolute Gasteiger partial charge is 0.243 e. The number of hydrazone groups is 1. The van der Waals surface area contributed by atoms with E-state index in [-0.39, 0.29) is 11.8 Å². The molecular weight excluding hydrogens is 250 g/mol. The van der Waals surface area contributed by atoms with Crippen molar-refractivity contribution >= 4 is 12.1 Å². The average Bonchev–Trinajstić information content (AvgIpc) is 3.22. The lowest BCUT2D eigenvalue weighted by molar-refractivity contribution is -0.122. The van der Waals surface area contributed by atoms with Crippen LogP contribution in [0.25, 0.3) is 0 Å². The highest BCUT2D eigenvalue weighted by Crippen LogP contribution is 2.55. The Balaban J connectivity index is 1.52. The molecule has 0 saturated heterocycles. The summed E-state index contributed by atoms with van der Waals surface area (Å²) in [6.45, 7) is 0. The molecule has 0 aromatic heterocycles. The molecule has 1 amide bonds. The molecule has 2 aliphatic rings. The molecule has 2 fully saturated rings. The van der Waals surface area contributed by atoms with Crippen molar-refractivity contribution in [2.24, 2.45) is 22.9 Å². The summed E-state index contributed by atoms with van der Waals surface area (Å²) in [5, 5.41) is 12.7. The van der Waals surface area contributed by atoms with E-state index in [0.717, 1.165) is 5.56 Å². The summed E-state index contributed by atoms with van der Waals surface area (Å²) < 4.78 is 0. The number of benzene rings is 1. The fourth-order valence-electron chi connectivity index (χ4n) is 3.27. The third kappa shape index (κ3) is 2.57. The lowest BCUT2D eigenvalue weighted by Crippen LogP contribution is -2.20. The molecule has 102 valence electrons. The minimum Gasteiger partial charge on any atom is -0.273 e. The first-order valence-corrected chi connectivity index (χ1v) is 7.12. The van der Waals surface area contributed by atoms with Crippen LogP contribution in [-0.2, 0) is 4.79 Å². The van der Waals surface area contributed by atoms with Crippen molar-refractivity contribution < 1.29 is 4.79 Å². The van der Waals surface area contributed by atoms with Gasteiger partial charge < -0.3 is 0 Å². The number of carbonyl (C=O) groups is 1. The zero-order valence-corrected chi connectivity index (χ0v) is 11.2. The van der Waals surface area contributed by atoms with Gasteiger partial charge in [-0.05, 0) is 42.4 Å². The van der Waals surface area contributed by atoms with Crippen LogP contribution in [-0.4, -0.2) is 12.1 Å². The molecular formula is C16H17N3O. The maximum atomic E-state index is 12.0. The Kier molecular flexibility index (Phi) is 3.51. The van der Waals surface area contributed by atoms with Gasteiger partial charge in [0.05, 0.1) is 17.8 Å². The van der Waals surface area contributed by atoms with E-state index in [1.54, 1.807) is 18.3 Å². The van der Waals surface area contributed by atoms with Crippen LogP contribution in [0.4, 0.5) is 0 Å². The van der Waals surface area contributed by atoms with Crippen molar-refractivity contribution in [1.82, 2.24) is 5.43 Å². The molecule has 2 aliphatic carbocycles. The lowest BCUT2D eigenvalue weighted by atomic mass is 10.0. The van der Waals surface area contributed by atoms with E-state index in [4.69, 9.17) is 5.26 Å². The van der Waals surface area contributed by atoms with Gasteiger partial charge in [-0.1, -0.05) is 25.0 Å². The molecule has 1 aromatic carbocycles. The number of rotatable bonds is 3. The molecule has 0 heterocycles. The van der Waals surface area contributed by atoms with E-state index in [2.05, 4.69) is 16.6 Å². The predicted octanol–water partition coefficient (Wildman–Crippen LogP) is 2.44. The number of hydrogen-bond donors (Lipinski definition) is 1. The topological polar surface area (TPSA) is 65.2 Å². The third-order valence-electron chi connectivity index (χ3n) is 4.39. The minimum atomic E-state index is 0.0618. The third-order valence-corrected chi connectivity index (χ3v) is 4.39. The van der Waals surface area contributed by atoms with Gasteiger partial charge in [0.25, 0.3) is 0 Å². The lowest BCUT2D eigenvalue weighted by Gasteiger charge is -2.04. The first-order chi connectivity index (χ1) is 9.79. The summed E-state index contributed by atoms with van der Waals surface area (Å²) >= 11 is 0.